The van der Waals surface area contributed by atoms with Gasteiger partial charge in [0.15, 0.2) is 0 Å². The summed E-state index contributed by atoms with van der Waals surface area (Å²) in [5.74, 6) is 0. The molecule has 20 heavy (non-hydrogen) atoms. The summed E-state index contributed by atoms with van der Waals surface area (Å²) in [5, 5.41) is 3.55. The minimum atomic E-state index is 0.710. The lowest BCUT2D eigenvalue weighted by molar-refractivity contribution is 0.190. The molecule has 3 heteroatoms. The van der Waals surface area contributed by atoms with Crippen molar-refractivity contribution >= 4 is 5.69 Å². The second-order valence-electron chi connectivity index (χ2n) is 6.01. The van der Waals surface area contributed by atoms with E-state index >= 15 is 0 Å². The molecule has 1 saturated heterocycles. The van der Waals surface area contributed by atoms with E-state index in [0.29, 0.717) is 6.04 Å². The van der Waals surface area contributed by atoms with Crippen LogP contribution in [-0.4, -0.2) is 55.6 Å². The van der Waals surface area contributed by atoms with Crippen molar-refractivity contribution in [2.75, 3.05) is 45.1 Å². The maximum Gasteiger partial charge on any atom is 0.0343 e. The van der Waals surface area contributed by atoms with Crippen molar-refractivity contribution in [1.29, 1.82) is 0 Å². The lowest BCUT2D eigenvalue weighted by Gasteiger charge is -2.30. The van der Waals surface area contributed by atoms with E-state index in [2.05, 4.69) is 60.3 Å². The number of rotatable bonds is 5. The number of aryl methyl sites for hydroxylation is 1. The number of likely N-dealkylation sites (N-methyl/N-ethyl adjacent to an activating group) is 1. The molecule has 1 aromatic rings. The average Bonchev–Trinajstić information content (AvgIpc) is 2.60. The first-order chi connectivity index (χ1) is 9.69. The Balaban J connectivity index is 1.82. The van der Waals surface area contributed by atoms with Crippen LogP contribution in [0.4, 0.5) is 5.69 Å². The number of hydrogen-bond acceptors (Lipinski definition) is 3. The summed E-state index contributed by atoms with van der Waals surface area (Å²) in [6, 6.07) is 9.34. The molecule has 3 nitrogen and oxygen atoms in total. The summed E-state index contributed by atoms with van der Waals surface area (Å²) >= 11 is 0. The van der Waals surface area contributed by atoms with E-state index in [-0.39, 0.29) is 0 Å². The number of anilines is 1. The molecule has 1 unspecified atom stereocenters. The molecule has 1 N–H and O–H groups in total. The van der Waals surface area contributed by atoms with Gasteiger partial charge in [-0.2, -0.15) is 0 Å². The quantitative estimate of drug-likeness (QED) is 0.891. The van der Waals surface area contributed by atoms with Gasteiger partial charge in [0.05, 0.1) is 0 Å². The smallest absolute Gasteiger partial charge is 0.0343 e. The third-order valence-corrected chi connectivity index (χ3v) is 4.24. The van der Waals surface area contributed by atoms with Crippen LogP contribution in [0, 0.1) is 6.92 Å². The lowest BCUT2D eigenvalue weighted by Crippen LogP contribution is -2.41. The Hall–Kier alpha value is -1.06. The van der Waals surface area contributed by atoms with Crippen LogP contribution in [0.15, 0.2) is 24.3 Å². The molecule has 2 rings (SSSR count). The molecule has 0 spiro atoms. The van der Waals surface area contributed by atoms with E-state index in [1.165, 1.54) is 43.7 Å². The predicted molar refractivity (Wildman–Crippen MR) is 87.4 cm³/mol. The van der Waals surface area contributed by atoms with Crippen molar-refractivity contribution < 1.29 is 0 Å². The number of nitrogens with one attached hydrogen (secondary N) is 1. The number of benzene rings is 1. The second-order valence-corrected chi connectivity index (χ2v) is 6.01. The molecule has 1 heterocycles. The van der Waals surface area contributed by atoms with Crippen LogP contribution in [0.25, 0.3) is 0 Å². The van der Waals surface area contributed by atoms with Crippen LogP contribution < -0.4 is 5.32 Å². The molecule has 1 aromatic carbocycles. The first-order valence-electron chi connectivity index (χ1n) is 7.92. The molecule has 0 amide bonds. The van der Waals surface area contributed by atoms with Crippen molar-refractivity contribution in [3.8, 4) is 0 Å². The third-order valence-electron chi connectivity index (χ3n) is 4.24. The van der Waals surface area contributed by atoms with Gasteiger partial charge in [-0.1, -0.05) is 19.1 Å². The SMILES string of the molecule is CCC1CN(C)CCCN1CCNc1cccc(C)c1. The molecule has 1 fully saturated rings. The first kappa shape index (κ1) is 15.3. The zero-order chi connectivity index (χ0) is 14.4. The Bertz CT molecular complexity index is 405. The topological polar surface area (TPSA) is 18.5 Å². The zero-order valence-electron chi connectivity index (χ0n) is 13.2. The van der Waals surface area contributed by atoms with Crippen LogP contribution in [0.2, 0.25) is 0 Å². The summed E-state index contributed by atoms with van der Waals surface area (Å²) in [6.45, 7) is 10.3. The molecule has 0 radical (unpaired) electrons. The average molecular weight is 275 g/mol. The zero-order valence-corrected chi connectivity index (χ0v) is 13.2. The van der Waals surface area contributed by atoms with Gasteiger partial charge < -0.3 is 10.2 Å². The fourth-order valence-electron chi connectivity index (χ4n) is 3.07. The Morgan fingerprint density at radius 2 is 2.15 bits per heavy atom. The summed E-state index contributed by atoms with van der Waals surface area (Å²) < 4.78 is 0. The fraction of sp³-hybridized carbons (Fsp3) is 0.647. The highest BCUT2D eigenvalue weighted by Gasteiger charge is 2.21. The fourth-order valence-corrected chi connectivity index (χ4v) is 3.07. The van der Waals surface area contributed by atoms with Crippen molar-refractivity contribution in [2.24, 2.45) is 0 Å². The van der Waals surface area contributed by atoms with Crippen molar-refractivity contribution in [2.45, 2.75) is 32.7 Å². The van der Waals surface area contributed by atoms with E-state index in [4.69, 9.17) is 0 Å². The van der Waals surface area contributed by atoms with Crippen LogP contribution >= 0.6 is 0 Å². The van der Waals surface area contributed by atoms with Gasteiger partial charge in [-0.3, -0.25) is 4.90 Å². The van der Waals surface area contributed by atoms with Crippen molar-refractivity contribution in [3.05, 3.63) is 29.8 Å². The molecule has 1 aliphatic rings. The highest BCUT2D eigenvalue weighted by molar-refractivity contribution is 5.45. The Morgan fingerprint density at radius 1 is 1.30 bits per heavy atom. The largest absolute Gasteiger partial charge is 0.384 e. The molecule has 1 aliphatic heterocycles. The van der Waals surface area contributed by atoms with Gasteiger partial charge in [0.1, 0.15) is 0 Å². The minimum Gasteiger partial charge on any atom is -0.384 e. The van der Waals surface area contributed by atoms with Crippen LogP contribution in [0.3, 0.4) is 0 Å². The predicted octanol–water partition coefficient (Wildman–Crippen LogP) is 2.82. The standard InChI is InChI=1S/C17H29N3/c1-4-17-14-19(3)10-6-11-20(17)12-9-18-16-8-5-7-15(2)13-16/h5,7-8,13,17-18H,4,6,9-12,14H2,1-3H3. The van der Waals surface area contributed by atoms with Crippen molar-refractivity contribution in [3.63, 3.8) is 0 Å². The molecule has 0 aromatic heterocycles. The normalized spacial score (nSPS) is 21.6. The van der Waals surface area contributed by atoms with E-state index in [1.807, 2.05) is 0 Å². The van der Waals surface area contributed by atoms with E-state index in [0.717, 1.165) is 13.1 Å². The minimum absolute atomic E-state index is 0.710. The Kier molecular flexibility index (Phi) is 5.86. The molecule has 1 atom stereocenters. The summed E-state index contributed by atoms with van der Waals surface area (Å²) in [5.41, 5.74) is 2.56. The lowest BCUT2D eigenvalue weighted by atomic mass is 10.2. The highest BCUT2D eigenvalue weighted by atomic mass is 15.2. The van der Waals surface area contributed by atoms with Crippen LogP contribution in [0.5, 0.6) is 0 Å². The van der Waals surface area contributed by atoms with Crippen LogP contribution in [0.1, 0.15) is 25.3 Å². The Morgan fingerprint density at radius 3 is 2.90 bits per heavy atom. The molecule has 0 bridgehead atoms. The first-order valence-corrected chi connectivity index (χ1v) is 7.92. The van der Waals surface area contributed by atoms with Gasteiger partial charge in [0.25, 0.3) is 0 Å². The van der Waals surface area contributed by atoms with Gasteiger partial charge in [-0.05, 0) is 57.6 Å². The molecule has 112 valence electrons. The van der Waals surface area contributed by atoms with Gasteiger partial charge in [-0.25, -0.2) is 0 Å². The van der Waals surface area contributed by atoms with E-state index in [9.17, 15) is 0 Å². The summed E-state index contributed by atoms with van der Waals surface area (Å²) in [6.07, 6.45) is 2.53. The van der Waals surface area contributed by atoms with Crippen molar-refractivity contribution in [1.82, 2.24) is 9.80 Å². The highest BCUT2D eigenvalue weighted by Crippen LogP contribution is 2.13. The summed E-state index contributed by atoms with van der Waals surface area (Å²) in [7, 11) is 2.25. The van der Waals surface area contributed by atoms with E-state index in [1.54, 1.807) is 0 Å². The van der Waals surface area contributed by atoms with Gasteiger partial charge in [0, 0.05) is 31.4 Å². The maximum absolute atomic E-state index is 3.55. The maximum atomic E-state index is 3.55. The van der Waals surface area contributed by atoms with Gasteiger partial charge >= 0.3 is 0 Å². The van der Waals surface area contributed by atoms with Crippen LogP contribution in [-0.2, 0) is 0 Å². The number of nitrogens with zero attached hydrogens (tertiary/aromatic N) is 2. The molecular formula is C17H29N3. The van der Waals surface area contributed by atoms with E-state index < -0.39 is 0 Å². The monoisotopic (exact) mass is 275 g/mol. The summed E-state index contributed by atoms with van der Waals surface area (Å²) in [4.78, 5) is 5.13. The Labute approximate surface area is 124 Å². The van der Waals surface area contributed by atoms with Gasteiger partial charge in [-0.15, -0.1) is 0 Å². The molecule has 0 saturated carbocycles. The number of hydrogen-bond donors (Lipinski definition) is 1. The second kappa shape index (κ2) is 7.65. The third kappa shape index (κ3) is 4.50. The molecule has 0 aliphatic carbocycles. The molecular weight excluding hydrogens is 246 g/mol. The van der Waals surface area contributed by atoms with Gasteiger partial charge in [0.2, 0.25) is 0 Å².